The number of pyridine rings is 1. The first-order valence-electron chi connectivity index (χ1n) is 7.18. The highest BCUT2D eigenvalue weighted by Crippen LogP contribution is 2.35. The first kappa shape index (κ1) is 19.3. The number of hydrogen-bond acceptors (Lipinski definition) is 3. The Kier molecular flexibility index (Phi) is 6.13. The van der Waals surface area contributed by atoms with Crippen molar-refractivity contribution < 1.29 is 22.7 Å². The van der Waals surface area contributed by atoms with Gasteiger partial charge in [0.15, 0.2) is 0 Å². The van der Waals surface area contributed by atoms with Crippen molar-refractivity contribution in [2.75, 3.05) is 11.9 Å². The molecule has 25 heavy (non-hydrogen) atoms. The van der Waals surface area contributed by atoms with Gasteiger partial charge in [0.25, 0.3) is 5.91 Å². The summed E-state index contributed by atoms with van der Waals surface area (Å²) >= 11 is 11.5. The Labute approximate surface area is 151 Å². The molecule has 1 aromatic heterocycles. The topological polar surface area (TPSA) is 51.2 Å². The highest BCUT2D eigenvalue weighted by molar-refractivity contribution is 6.41. The molecule has 2 aromatic rings. The third-order valence-corrected chi connectivity index (χ3v) is 3.76. The van der Waals surface area contributed by atoms with Crippen LogP contribution in [0.2, 0.25) is 10.2 Å². The summed E-state index contributed by atoms with van der Waals surface area (Å²) in [6, 6.07) is 4.14. The number of aromatic nitrogens is 1. The van der Waals surface area contributed by atoms with Crippen LogP contribution in [0, 0.1) is 0 Å². The molecule has 0 saturated carbocycles. The summed E-state index contributed by atoms with van der Waals surface area (Å²) in [4.78, 5) is 16.0. The van der Waals surface area contributed by atoms with Gasteiger partial charge in [-0.3, -0.25) is 4.79 Å². The molecule has 0 unspecified atom stereocenters. The van der Waals surface area contributed by atoms with Gasteiger partial charge >= 0.3 is 6.18 Å². The number of nitrogens with one attached hydrogen (secondary N) is 1. The quantitative estimate of drug-likeness (QED) is 0.688. The molecule has 1 amide bonds. The van der Waals surface area contributed by atoms with Crippen LogP contribution in [0.1, 0.15) is 29.3 Å². The van der Waals surface area contributed by atoms with Gasteiger partial charge in [0, 0.05) is 6.20 Å². The number of nitrogens with zero attached hydrogens (tertiary/aromatic N) is 1. The standard InChI is InChI=1S/C16H13Cl2F3N2O2/c1-2-5-25-13-4-3-10(16(19,20)21)7-12(13)23-15(24)9-6-11(17)14(18)22-8-9/h3-4,6-8H,2,5H2,1H3,(H,23,24). The second kappa shape index (κ2) is 7.93. The van der Waals surface area contributed by atoms with E-state index < -0.39 is 17.6 Å². The second-order valence-electron chi connectivity index (χ2n) is 5.01. The van der Waals surface area contributed by atoms with Gasteiger partial charge in [-0.2, -0.15) is 13.2 Å². The van der Waals surface area contributed by atoms with Gasteiger partial charge in [-0.1, -0.05) is 30.1 Å². The molecular formula is C16H13Cl2F3N2O2. The SMILES string of the molecule is CCCOc1ccc(C(F)(F)F)cc1NC(=O)c1cnc(Cl)c(Cl)c1. The van der Waals surface area contributed by atoms with Gasteiger partial charge in [-0.25, -0.2) is 4.98 Å². The van der Waals surface area contributed by atoms with Crippen molar-refractivity contribution in [2.24, 2.45) is 0 Å². The normalized spacial score (nSPS) is 11.3. The molecule has 0 spiro atoms. The molecule has 0 aliphatic carbocycles. The van der Waals surface area contributed by atoms with E-state index in [0.29, 0.717) is 13.0 Å². The minimum atomic E-state index is -4.55. The fourth-order valence-corrected chi connectivity index (χ4v) is 2.15. The Morgan fingerprint density at radius 2 is 2.00 bits per heavy atom. The van der Waals surface area contributed by atoms with E-state index in [4.69, 9.17) is 27.9 Å². The molecule has 9 heteroatoms. The predicted molar refractivity (Wildman–Crippen MR) is 89.4 cm³/mol. The minimum absolute atomic E-state index is 0.0178. The maximum atomic E-state index is 12.9. The van der Waals surface area contributed by atoms with Crippen LogP contribution in [0.15, 0.2) is 30.5 Å². The van der Waals surface area contributed by atoms with Gasteiger partial charge in [-0.05, 0) is 30.7 Å². The molecule has 4 nitrogen and oxygen atoms in total. The first-order valence-corrected chi connectivity index (χ1v) is 7.94. The zero-order valence-electron chi connectivity index (χ0n) is 13.0. The molecule has 1 heterocycles. The molecule has 0 radical (unpaired) electrons. The largest absolute Gasteiger partial charge is 0.491 e. The van der Waals surface area contributed by atoms with Crippen LogP contribution in [0.3, 0.4) is 0 Å². The summed E-state index contributed by atoms with van der Waals surface area (Å²) in [7, 11) is 0. The predicted octanol–water partition coefficient (Wildman–Crippen LogP) is 5.45. The fraction of sp³-hybridized carbons (Fsp3) is 0.250. The molecule has 1 N–H and O–H groups in total. The molecule has 0 fully saturated rings. The Morgan fingerprint density at radius 3 is 2.60 bits per heavy atom. The van der Waals surface area contributed by atoms with E-state index in [2.05, 4.69) is 10.3 Å². The maximum absolute atomic E-state index is 12.9. The number of rotatable bonds is 5. The van der Waals surface area contributed by atoms with Crippen molar-refractivity contribution in [3.8, 4) is 5.75 Å². The monoisotopic (exact) mass is 392 g/mol. The van der Waals surface area contributed by atoms with Crippen molar-refractivity contribution in [3.05, 3.63) is 51.8 Å². The molecule has 1 aromatic carbocycles. The van der Waals surface area contributed by atoms with Crippen molar-refractivity contribution in [3.63, 3.8) is 0 Å². The second-order valence-corrected chi connectivity index (χ2v) is 5.77. The van der Waals surface area contributed by atoms with Gasteiger partial charge in [0.2, 0.25) is 0 Å². The average molecular weight is 393 g/mol. The number of alkyl halides is 3. The number of benzene rings is 1. The van der Waals surface area contributed by atoms with Crippen LogP contribution in [-0.4, -0.2) is 17.5 Å². The first-order chi connectivity index (χ1) is 11.7. The Bertz CT molecular complexity index is 782. The molecule has 134 valence electrons. The zero-order valence-corrected chi connectivity index (χ0v) is 14.5. The third kappa shape index (κ3) is 4.99. The molecular weight excluding hydrogens is 380 g/mol. The van der Waals surface area contributed by atoms with E-state index in [1.54, 1.807) is 0 Å². The van der Waals surface area contributed by atoms with E-state index in [9.17, 15) is 18.0 Å². The molecule has 0 aliphatic heterocycles. The number of ether oxygens (including phenoxy) is 1. The lowest BCUT2D eigenvalue weighted by Crippen LogP contribution is -2.15. The van der Waals surface area contributed by atoms with Crippen molar-refractivity contribution in [1.29, 1.82) is 0 Å². The Balaban J connectivity index is 2.34. The number of hydrogen-bond donors (Lipinski definition) is 1. The lowest BCUT2D eigenvalue weighted by Gasteiger charge is -2.15. The smallest absolute Gasteiger partial charge is 0.416 e. The lowest BCUT2D eigenvalue weighted by molar-refractivity contribution is -0.137. The molecule has 0 aliphatic rings. The van der Waals surface area contributed by atoms with Gasteiger partial charge in [-0.15, -0.1) is 0 Å². The van der Waals surface area contributed by atoms with Crippen LogP contribution in [-0.2, 0) is 6.18 Å². The number of carbonyl (C=O) groups is 1. The van der Waals surface area contributed by atoms with Crippen molar-refractivity contribution in [1.82, 2.24) is 4.98 Å². The van der Waals surface area contributed by atoms with Gasteiger partial charge in [0.1, 0.15) is 10.9 Å². The van der Waals surface area contributed by atoms with Gasteiger partial charge < -0.3 is 10.1 Å². The molecule has 0 saturated heterocycles. The summed E-state index contributed by atoms with van der Waals surface area (Å²) in [5.41, 5.74) is -0.952. The summed E-state index contributed by atoms with van der Waals surface area (Å²) in [5, 5.41) is 2.46. The van der Waals surface area contributed by atoms with Crippen LogP contribution in [0.4, 0.5) is 18.9 Å². The van der Waals surface area contributed by atoms with Crippen molar-refractivity contribution >= 4 is 34.8 Å². The molecule has 2 rings (SSSR count). The van der Waals surface area contributed by atoms with Crippen LogP contribution in [0.5, 0.6) is 5.75 Å². The van der Waals surface area contributed by atoms with Crippen molar-refractivity contribution in [2.45, 2.75) is 19.5 Å². The van der Waals surface area contributed by atoms with E-state index in [1.165, 1.54) is 18.3 Å². The maximum Gasteiger partial charge on any atom is 0.416 e. The number of halogens is 5. The average Bonchev–Trinajstić information content (AvgIpc) is 2.55. The van der Waals surface area contributed by atoms with Crippen LogP contribution in [0.25, 0.3) is 0 Å². The fourth-order valence-electron chi connectivity index (χ4n) is 1.88. The zero-order chi connectivity index (χ0) is 18.6. The summed E-state index contributed by atoms with van der Waals surface area (Å²) in [6.07, 6.45) is -2.72. The number of amides is 1. The summed E-state index contributed by atoms with van der Waals surface area (Å²) in [6.45, 7) is 2.15. The number of anilines is 1. The highest BCUT2D eigenvalue weighted by atomic mass is 35.5. The Morgan fingerprint density at radius 1 is 1.28 bits per heavy atom. The van der Waals surface area contributed by atoms with Crippen LogP contribution >= 0.6 is 23.2 Å². The highest BCUT2D eigenvalue weighted by Gasteiger charge is 2.31. The number of carbonyl (C=O) groups excluding carboxylic acids is 1. The Hall–Kier alpha value is -1.99. The summed E-state index contributed by atoms with van der Waals surface area (Å²) < 4.78 is 44.1. The van der Waals surface area contributed by atoms with Gasteiger partial charge in [0.05, 0.1) is 28.4 Å². The lowest BCUT2D eigenvalue weighted by atomic mass is 10.1. The van der Waals surface area contributed by atoms with Crippen LogP contribution < -0.4 is 10.1 Å². The summed E-state index contributed by atoms with van der Waals surface area (Å²) in [5.74, 6) is -0.553. The third-order valence-electron chi connectivity index (χ3n) is 3.08. The van der Waals surface area contributed by atoms with E-state index >= 15 is 0 Å². The van der Waals surface area contributed by atoms with E-state index in [0.717, 1.165) is 12.1 Å². The van der Waals surface area contributed by atoms with E-state index in [-0.39, 0.29) is 27.2 Å². The molecule has 0 bridgehead atoms. The minimum Gasteiger partial charge on any atom is -0.491 e. The molecule has 0 atom stereocenters. The van der Waals surface area contributed by atoms with E-state index in [1.807, 2.05) is 6.92 Å².